The van der Waals surface area contributed by atoms with Crippen LogP contribution in [-0.2, 0) is 23.1 Å². The summed E-state index contributed by atoms with van der Waals surface area (Å²) in [6.07, 6.45) is 0. The smallest absolute Gasteiger partial charge is 0.253 e. The summed E-state index contributed by atoms with van der Waals surface area (Å²) < 4.78 is 34.3. The molecule has 164 valence electrons. The maximum Gasteiger partial charge on any atom is 0.253 e. The van der Waals surface area contributed by atoms with Gasteiger partial charge in [0, 0.05) is 29.1 Å². The topological polar surface area (TPSA) is 75.7 Å². The van der Waals surface area contributed by atoms with Crippen LogP contribution in [0.5, 0.6) is 5.75 Å². The van der Waals surface area contributed by atoms with Crippen molar-refractivity contribution in [3.8, 4) is 5.75 Å². The van der Waals surface area contributed by atoms with Gasteiger partial charge in [-0.25, -0.2) is 13.1 Å². The number of sulfonamides is 1. The lowest BCUT2D eigenvalue weighted by Crippen LogP contribution is -2.27. The number of halogens is 2. The Kier molecular flexibility index (Phi) is 7.61. The van der Waals surface area contributed by atoms with Gasteiger partial charge in [0.25, 0.3) is 5.91 Å². The number of rotatable bonds is 8. The molecular formula is C21H20Cl2N2O4S2. The Labute approximate surface area is 195 Å². The molecule has 0 aliphatic rings. The van der Waals surface area contributed by atoms with Crippen LogP contribution in [0.25, 0.3) is 0 Å². The van der Waals surface area contributed by atoms with Gasteiger partial charge in [-0.15, -0.1) is 11.3 Å². The first-order valence-corrected chi connectivity index (χ1v) is 12.2. The molecule has 1 amide bonds. The number of amides is 1. The second-order valence-electron chi connectivity index (χ2n) is 6.68. The predicted molar refractivity (Wildman–Crippen MR) is 124 cm³/mol. The summed E-state index contributed by atoms with van der Waals surface area (Å²) in [5.41, 5.74) is 0.978. The maximum absolute atomic E-state index is 12.9. The van der Waals surface area contributed by atoms with Gasteiger partial charge in [0.15, 0.2) is 0 Å². The van der Waals surface area contributed by atoms with Crippen molar-refractivity contribution in [3.63, 3.8) is 0 Å². The number of nitrogens with zero attached hydrogens (tertiary/aromatic N) is 1. The highest BCUT2D eigenvalue weighted by Gasteiger charge is 2.23. The lowest BCUT2D eigenvalue weighted by atomic mass is 10.2. The lowest BCUT2D eigenvalue weighted by Gasteiger charge is -2.18. The van der Waals surface area contributed by atoms with Crippen molar-refractivity contribution in [2.24, 2.45) is 0 Å². The van der Waals surface area contributed by atoms with Gasteiger partial charge in [-0.05, 0) is 48.0 Å². The third-order valence-corrected chi connectivity index (χ3v) is 7.34. The first-order chi connectivity index (χ1) is 14.7. The Hall–Kier alpha value is -2.10. The molecule has 3 aromatic rings. The molecule has 6 nitrogen and oxygen atoms in total. The standard InChI is InChI=1S/C21H20Cl2N2O4S2/c1-25(13-17-8-10-20(23)30-17)21(26)15-5-9-18(29-2)19(11-15)31(27,28)24-12-14-3-6-16(22)7-4-14/h3-11,24H,12-13H2,1-2H3. The fourth-order valence-electron chi connectivity index (χ4n) is 2.84. The summed E-state index contributed by atoms with van der Waals surface area (Å²) >= 11 is 13.2. The second-order valence-corrected chi connectivity index (χ2v) is 10.7. The largest absolute Gasteiger partial charge is 0.495 e. The van der Waals surface area contributed by atoms with E-state index in [2.05, 4.69) is 4.72 Å². The van der Waals surface area contributed by atoms with Crippen molar-refractivity contribution in [3.05, 3.63) is 80.0 Å². The fourth-order valence-corrected chi connectivity index (χ4v) is 5.32. The molecule has 31 heavy (non-hydrogen) atoms. The fraction of sp³-hybridized carbons (Fsp3) is 0.190. The first-order valence-electron chi connectivity index (χ1n) is 9.11. The van der Waals surface area contributed by atoms with Gasteiger partial charge in [0.1, 0.15) is 10.6 Å². The molecule has 0 aliphatic heterocycles. The molecule has 10 heteroatoms. The monoisotopic (exact) mass is 498 g/mol. The number of ether oxygens (including phenoxy) is 1. The Morgan fingerprint density at radius 1 is 1.10 bits per heavy atom. The molecule has 0 radical (unpaired) electrons. The second kappa shape index (κ2) is 10.0. The molecule has 0 saturated carbocycles. The quantitative estimate of drug-likeness (QED) is 0.483. The molecule has 0 bridgehead atoms. The third kappa shape index (κ3) is 5.99. The zero-order valence-corrected chi connectivity index (χ0v) is 19.9. The zero-order chi connectivity index (χ0) is 22.6. The Bertz CT molecular complexity index is 1180. The minimum atomic E-state index is -3.94. The molecule has 1 heterocycles. The van der Waals surface area contributed by atoms with E-state index in [1.807, 2.05) is 6.07 Å². The molecule has 0 aliphatic carbocycles. The van der Waals surface area contributed by atoms with E-state index in [4.69, 9.17) is 27.9 Å². The number of nitrogens with one attached hydrogen (secondary N) is 1. The number of hydrogen-bond acceptors (Lipinski definition) is 5. The highest BCUT2D eigenvalue weighted by Crippen LogP contribution is 2.27. The van der Waals surface area contributed by atoms with Crippen LogP contribution in [0.15, 0.2) is 59.5 Å². The molecule has 0 fully saturated rings. The summed E-state index contributed by atoms with van der Waals surface area (Å²) in [5, 5.41) is 0.563. The van der Waals surface area contributed by atoms with Crippen LogP contribution in [0.1, 0.15) is 20.8 Å². The van der Waals surface area contributed by atoms with Crippen molar-refractivity contribution in [2.45, 2.75) is 18.0 Å². The summed E-state index contributed by atoms with van der Waals surface area (Å²) in [6.45, 7) is 0.430. The van der Waals surface area contributed by atoms with Crippen LogP contribution in [0.3, 0.4) is 0 Å². The third-order valence-electron chi connectivity index (χ3n) is 4.45. The molecule has 0 atom stereocenters. The van der Waals surface area contributed by atoms with Crippen molar-refractivity contribution < 1.29 is 17.9 Å². The zero-order valence-electron chi connectivity index (χ0n) is 16.8. The van der Waals surface area contributed by atoms with E-state index >= 15 is 0 Å². The summed E-state index contributed by atoms with van der Waals surface area (Å²) in [6, 6.07) is 14.8. The normalized spacial score (nSPS) is 11.4. The molecule has 1 N–H and O–H groups in total. The first kappa shape index (κ1) is 23.6. The van der Waals surface area contributed by atoms with Gasteiger partial charge >= 0.3 is 0 Å². The van der Waals surface area contributed by atoms with Gasteiger partial charge < -0.3 is 9.64 Å². The Morgan fingerprint density at radius 3 is 2.42 bits per heavy atom. The van der Waals surface area contributed by atoms with Crippen molar-refractivity contribution in [1.82, 2.24) is 9.62 Å². The minimum Gasteiger partial charge on any atom is -0.495 e. The highest BCUT2D eigenvalue weighted by atomic mass is 35.5. The van der Waals surface area contributed by atoms with E-state index in [-0.39, 0.29) is 28.7 Å². The summed E-state index contributed by atoms with van der Waals surface area (Å²) in [4.78, 5) is 15.2. The van der Waals surface area contributed by atoms with E-state index in [0.717, 1.165) is 10.4 Å². The molecule has 1 aromatic heterocycles. The van der Waals surface area contributed by atoms with Crippen LogP contribution < -0.4 is 9.46 Å². The lowest BCUT2D eigenvalue weighted by molar-refractivity contribution is 0.0786. The van der Waals surface area contributed by atoms with Crippen molar-refractivity contribution in [1.29, 1.82) is 0 Å². The number of methoxy groups -OCH3 is 1. The molecule has 0 spiro atoms. The molecule has 0 saturated heterocycles. The van der Waals surface area contributed by atoms with Crippen LogP contribution in [-0.4, -0.2) is 33.4 Å². The van der Waals surface area contributed by atoms with E-state index in [1.54, 1.807) is 37.4 Å². The number of hydrogen-bond donors (Lipinski definition) is 1. The molecular weight excluding hydrogens is 479 g/mol. The van der Waals surface area contributed by atoms with Crippen LogP contribution in [0, 0.1) is 0 Å². The summed E-state index contributed by atoms with van der Waals surface area (Å²) in [5.74, 6) is -0.172. The Morgan fingerprint density at radius 2 is 1.81 bits per heavy atom. The van der Waals surface area contributed by atoms with Crippen LogP contribution in [0.2, 0.25) is 9.36 Å². The van der Waals surface area contributed by atoms with Crippen LogP contribution in [0.4, 0.5) is 0 Å². The molecule has 0 unspecified atom stereocenters. The SMILES string of the molecule is COc1ccc(C(=O)N(C)Cc2ccc(Cl)s2)cc1S(=O)(=O)NCc1ccc(Cl)cc1. The highest BCUT2D eigenvalue weighted by molar-refractivity contribution is 7.89. The predicted octanol–water partition coefficient (Wildman–Crippen LogP) is 4.81. The van der Waals surface area contributed by atoms with Crippen molar-refractivity contribution >= 4 is 50.5 Å². The van der Waals surface area contributed by atoms with Crippen LogP contribution >= 0.6 is 34.5 Å². The summed E-state index contributed by atoms with van der Waals surface area (Å²) in [7, 11) is -0.920. The van der Waals surface area contributed by atoms with Gasteiger partial charge in [0.05, 0.1) is 18.0 Å². The van der Waals surface area contributed by atoms with Gasteiger partial charge in [-0.3, -0.25) is 4.79 Å². The van der Waals surface area contributed by atoms with Gasteiger partial charge in [-0.1, -0.05) is 35.3 Å². The molecule has 2 aromatic carbocycles. The molecule has 3 rings (SSSR count). The maximum atomic E-state index is 12.9. The number of carbonyl (C=O) groups excluding carboxylic acids is 1. The average molecular weight is 499 g/mol. The Balaban J connectivity index is 1.81. The number of benzene rings is 2. The average Bonchev–Trinajstić information content (AvgIpc) is 3.16. The van der Waals surface area contributed by atoms with Crippen molar-refractivity contribution in [2.75, 3.05) is 14.2 Å². The van der Waals surface area contributed by atoms with E-state index in [0.29, 0.717) is 15.9 Å². The van der Waals surface area contributed by atoms with Gasteiger partial charge in [0.2, 0.25) is 10.0 Å². The van der Waals surface area contributed by atoms with Gasteiger partial charge in [-0.2, -0.15) is 0 Å². The van der Waals surface area contributed by atoms with E-state index in [1.165, 1.54) is 41.5 Å². The number of carbonyl (C=O) groups is 1. The van der Waals surface area contributed by atoms with E-state index in [9.17, 15) is 13.2 Å². The minimum absolute atomic E-state index is 0.0693. The van der Waals surface area contributed by atoms with E-state index < -0.39 is 10.0 Å². The number of thiophene rings is 1.